The average Bonchev–Trinajstić information content (AvgIpc) is 3.07. The van der Waals surface area contributed by atoms with Crippen molar-refractivity contribution in [2.75, 3.05) is 46.0 Å². The van der Waals surface area contributed by atoms with Crippen molar-refractivity contribution in [1.29, 1.82) is 0 Å². The number of carbonyl (C=O) groups is 1. The predicted octanol–water partition coefficient (Wildman–Crippen LogP) is 1.16. The van der Waals surface area contributed by atoms with Gasteiger partial charge in [0.2, 0.25) is 0 Å². The van der Waals surface area contributed by atoms with Gasteiger partial charge in [0.1, 0.15) is 12.5 Å². The largest absolute Gasteiger partial charge is 0.478 e. The third-order valence-corrected chi connectivity index (χ3v) is 4.10. The molecule has 3 rings (SSSR count). The molecule has 2 aliphatic heterocycles. The van der Waals surface area contributed by atoms with Crippen LogP contribution in [0.1, 0.15) is 23.2 Å². The topological polar surface area (TPSA) is 44.8 Å². The molecule has 114 valence electrons. The molecule has 1 amide bonds. The lowest BCUT2D eigenvalue weighted by molar-refractivity contribution is 0.0735. The molecule has 0 unspecified atom stereocenters. The molecule has 0 aliphatic carbocycles. The number of benzene rings is 1. The van der Waals surface area contributed by atoms with Gasteiger partial charge in [0.05, 0.1) is 0 Å². The van der Waals surface area contributed by atoms with Crippen LogP contribution in [0.5, 0.6) is 5.75 Å². The molecule has 2 saturated heterocycles. The van der Waals surface area contributed by atoms with Crippen LogP contribution < -0.4 is 10.1 Å². The monoisotopic (exact) mass is 289 g/mol. The van der Waals surface area contributed by atoms with E-state index in [4.69, 9.17) is 4.74 Å². The van der Waals surface area contributed by atoms with Gasteiger partial charge in [-0.15, -0.1) is 0 Å². The Bertz CT molecular complexity index is 480. The minimum atomic E-state index is 0.100. The number of hydrogen-bond acceptors (Lipinski definition) is 4. The molecule has 1 N–H and O–H groups in total. The molecule has 21 heavy (non-hydrogen) atoms. The van der Waals surface area contributed by atoms with E-state index in [1.807, 2.05) is 29.2 Å². The Morgan fingerprint density at radius 1 is 1.14 bits per heavy atom. The van der Waals surface area contributed by atoms with Crippen LogP contribution in [0.3, 0.4) is 0 Å². The second-order valence-electron chi connectivity index (χ2n) is 5.67. The standard InChI is InChI=1S/C16H23N3O2/c20-16(19-10-6-17-7-11-19)14-4-3-5-15(12-14)21-13-18-8-1-2-9-18/h3-5,12,17H,1-2,6-11,13H2. The van der Waals surface area contributed by atoms with Gasteiger partial charge in [0, 0.05) is 44.8 Å². The first-order valence-electron chi connectivity index (χ1n) is 7.78. The molecular weight excluding hydrogens is 266 g/mol. The second kappa shape index (κ2) is 6.91. The van der Waals surface area contributed by atoms with Crippen LogP contribution in [-0.4, -0.2) is 61.7 Å². The lowest BCUT2D eigenvalue weighted by Crippen LogP contribution is -2.46. The van der Waals surface area contributed by atoms with Gasteiger partial charge in [0.25, 0.3) is 5.91 Å². The summed E-state index contributed by atoms with van der Waals surface area (Å²) in [6.07, 6.45) is 2.51. The third kappa shape index (κ3) is 3.74. The number of rotatable bonds is 4. The highest BCUT2D eigenvalue weighted by Crippen LogP contribution is 2.16. The van der Waals surface area contributed by atoms with Crippen molar-refractivity contribution in [3.05, 3.63) is 29.8 Å². The molecule has 0 bridgehead atoms. The first kappa shape index (κ1) is 14.4. The first-order chi connectivity index (χ1) is 10.3. The molecule has 1 aromatic carbocycles. The van der Waals surface area contributed by atoms with Crippen LogP contribution >= 0.6 is 0 Å². The summed E-state index contributed by atoms with van der Waals surface area (Å²) < 4.78 is 5.81. The number of piperazine rings is 1. The molecule has 1 aromatic rings. The quantitative estimate of drug-likeness (QED) is 0.903. The van der Waals surface area contributed by atoms with Crippen LogP contribution in [0.25, 0.3) is 0 Å². The number of ether oxygens (including phenoxy) is 1. The van der Waals surface area contributed by atoms with E-state index in [2.05, 4.69) is 10.2 Å². The van der Waals surface area contributed by atoms with Crippen molar-refractivity contribution in [2.24, 2.45) is 0 Å². The van der Waals surface area contributed by atoms with Gasteiger partial charge in [-0.05, 0) is 31.0 Å². The van der Waals surface area contributed by atoms with E-state index in [1.165, 1.54) is 12.8 Å². The summed E-state index contributed by atoms with van der Waals surface area (Å²) in [5, 5.41) is 3.26. The zero-order valence-electron chi connectivity index (χ0n) is 12.4. The molecule has 0 radical (unpaired) electrons. The summed E-state index contributed by atoms with van der Waals surface area (Å²) in [5.41, 5.74) is 0.718. The fourth-order valence-corrected chi connectivity index (χ4v) is 2.85. The molecule has 2 heterocycles. The zero-order chi connectivity index (χ0) is 14.5. The molecule has 0 spiro atoms. The average molecular weight is 289 g/mol. The minimum absolute atomic E-state index is 0.100. The van der Waals surface area contributed by atoms with Crippen LogP contribution in [0.4, 0.5) is 0 Å². The highest BCUT2D eigenvalue weighted by Gasteiger charge is 2.18. The number of amides is 1. The van der Waals surface area contributed by atoms with E-state index in [9.17, 15) is 4.79 Å². The Kier molecular flexibility index (Phi) is 4.72. The molecule has 0 atom stereocenters. The number of hydrogen-bond donors (Lipinski definition) is 1. The Labute approximate surface area is 125 Å². The summed E-state index contributed by atoms with van der Waals surface area (Å²) in [6.45, 7) is 6.13. The third-order valence-electron chi connectivity index (χ3n) is 4.10. The molecule has 5 nitrogen and oxygen atoms in total. The lowest BCUT2D eigenvalue weighted by Gasteiger charge is -2.27. The van der Waals surface area contributed by atoms with Gasteiger partial charge in [-0.3, -0.25) is 9.69 Å². The Morgan fingerprint density at radius 2 is 1.90 bits per heavy atom. The van der Waals surface area contributed by atoms with Gasteiger partial charge >= 0.3 is 0 Å². The van der Waals surface area contributed by atoms with E-state index in [-0.39, 0.29) is 5.91 Å². The van der Waals surface area contributed by atoms with E-state index in [1.54, 1.807) is 0 Å². The fraction of sp³-hybridized carbons (Fsp3) is 0.562. The second-order valence-corrected chi connectivity index (χ2v) is 5.67. The Hall–Kier alpha value is -1.59. The smallest absolute Gasteiger partial charge is 0.254 e. The predicted molar refractivity (Wildman–Crippen MR) is 81.5 cm³/mol. The molecule has 0 aromatic heterocycles. The van der Waals surface area contributed by atoms with E-state index in [0.29, 0.717) is 6.73 Å². The van der Waals surface area contributed by atoms with E-state index < -0.39 is 0 Å². The highest BCUT2D eigenvalue weighted by molar-refractivity contribution is 5.94. The van der Waals surface area contributed by atoms with E-state index >= 15 is 0 Å². The van der Waals surface area contributed by atoms with Gasteiger partial charge in [-0.2, -0.15) is 0 Å². The summed E-state index contributed by atoms with van der Waals surface area (Å²) in [5.74, 6) is 0.881. The number of carbonyl (C=O) groups excluding carboxylic acids is 1. The summed E-state index contributed by atoms with van der Waals surface area (Å²) in [4.78, 5) is 16.6. The van der Waals surface area contributed by atoms with Crippen molar-refractivity contribution >= 4 is 5.91 Å². The van der Waals surface area contributed by atoms with Crippen LogP contribution in [0.15, 0.2) is 24.3 Å². The molecule has 2 aliphatic rings. The first-order valence-corrected chi connectivity index (χ1v) is 7.78. The summed E-state index contributed by atoms with van der Waals surface area (Å²) >= 11 is 0. The minimum Gasteiger partial charge on any atom is -0.478 e. The number of nitrogens with zero attached hydrogens (tertiary/aromatic N) is 2. The van der Waals surface area contributed by atoms with Crippen LogP contribution in [-0.2, 0) is 0 Å². The zero-order valence-corrected chi connectivity index (χ0v) is 12.4. The maximum absolute atomic E-state index is 12.4. The molecular formula is C16H23N3O2. The van der Waals surface area contributed by atoms with Gasteiger partial charge in [-0.25, -0.2) is 0 Å². The van der Waals surface area contributed by atoms with Crippen molar-refractivity contribution in [3.63, 3.8) is 0 Å². The number of likely N-dealkylation sites (tertiary alicyclic amines) is 1. The van der Waals surface area contributed by atoms with Crippen molar-refractivity contribution in [3.8, 4) is 5.75 Å². The maximum Gasteiger partial charge on any atom is 0.254 e. The van der Waals surface area contributed by atoms with Crippen molar-refractivity contribution in [1.82, 2.24) is 15.1 Å². The van der Waals surface area contributed by atoms with Crippen molar-refractivity contribution < 1.29 is 9.53 Å². The van der Waals surface area contributed by atoms with E-state index in [0.717, 1.165) is 50.6 Å². The Morgan fingerprint density at radius 3 is 2.67 bits per heavy atom. The van der Waals surface area contributed by atoms with Gasteiger partial charge in [-0.1, -0.05) is 6.07 Å². The van der Waals surface area contributed by atoms with Crippen molar-refractivity contribution in [2.45, 2.75) is 12.8 Å². The fourth-order valence-electron chi connectivity index (χ4n) is 2.85. The SMILES string of the molecule is O=C(c1cccc(OCN2CCCC2)c1)N1CCNCC1. The highest BCUT2D eigenvalue weighted by atomic mass is 16.5. The molecule has 0 saturated carbocycles. The molecule has 2 fully saturated rings. The summed E-state index contributed by atoms with van der Waals surface area (Å²) in [6, 6.07) is 7.55. The lowest BCUT2D eigenvalue weighted by atomic mass is 10.1. The number of nitrogens with one attached hydrogen (secondary N) is 1. The van der Waals surface area contributed by atoms with Gasteiger partial charge < -0.3 is 15.0 Å². The maximum atomic E-state index is 12.4. The van der Waals surface area contributed by atoms with Gasteiger partial charge in [0.15, 0.2) is 0 Å². The van der Waals surface area contributed by atoms with Crippen LogP contribution in [0, 0.1) is 0 Å². The normalized spacial score (nSPS) is 19.7. The van der Waals surface area contributed by atoms with Crippen LogP contribution in [0.2, 0.25) is 0 Å². The molecule has 5 heteroatoms. The Balaban J connectivity index is 1.60. The summed E-state index contributed by atoms with van der Waals surface area (Å²) in [7, 11) is 0.